The van der Waals surface area contributed by atoms with E-state index in [9.17, 15) is 9.59 Å². The van der Waals surface area contributed by atoms with Gasteiger partial charge in [0, 0.05) is 5.02 Å². The summed E-state index contributed by atoms with van der Waals surface area (Å²) in [5.74, 6) is -0.361. The summed E-state index contributed by atoms with van der Waals surface area (Å²) in [5.41, 5.74) is 0.807. The maximum Gasteiger partial charge on any atom is 0.308 e. The Morgan fingerprint density at radius 3 is 2.62 bits per heavy atom. The van der Waals surface area contributed by atoms with Crippen LogP contribution in [-0.2, 0) is 9.53 Å². The van der Waals surface area contributed by atoms with Crippen LogP contribution in [0.1, 0.15) is 35.4 Å². The van der Waals surface area contributed by atoms with E-state index >= 15 is 0 Å². The number of esters is 1. The summed E-state index contributed by atoms with van der Waals surface area (Å²) >= 11 is 9.48. The van der Waals surface area contributed by atoms with Crippen molar-refractivity contribution in [2.24, 2.45) is 0 Å². The fraction of sp³-hybridized carbons (Fsp3) is 0.278. The minimum atomic E-state index is -0.641. The molecule has 0 bridgehead atoms. The average molecular weight is 442 g/mol. The highest BCUT2D eigenvalue weighted by Crippen LogP contribution is 2.27. The van der Waals surface area contributed by atoms with Crippen LogP contribution >= 0.6 is 27.5 Å². The number of pyridine rings is 1. The molecular formula is C18H18BrClN2O4. The monoisotopic (exact) mass is 440 g/mol. The Morgan fingerprint density at radius 1 is 1.27 bits per heavy atom. The van der Waals surface area contributed by atoms with Gasteiger partial charge in [-0.1, -0.05) is 29.8 Å². The molecule has 2 aromatic rings. The third kappa shape index (κ3) is 5.19. The fourth-order valence-corrected chi connectivity index (χ4v) is 3.07. The first-order chi connectivity index (χ1) is 12.5. The molecule has 6 nitrogen and oxygen atoms in total. The second-order valence-corrected chi connectivity index (χ2v) is 6.40. The summed E-state index contributed by atoms with van der Waals surface area (Å²) in [6.07, 6.45) is -0.0410. The molecule has 1 atom stereocenters. The molecule has 0 saturated heterocycles. The van der Waals surface area contributed by atoms with Gasteiger partial charge >= 0.3 is 5.97 Å². The normalized spacial score (nSPS) is 11.5. The maximum absolute atomic E-state index is 12.6. The molecule has 1 aromatic heterocycles. The second-order valence-electron chi connectivity index (χ2n) is 5.25. The Kier molecular flexibility index (Phi) is 7.41. The second kappa shape index (κ2) is 9.54. The lowest BCUT2D eigenvalue weighted by molar-refractivity contribution is -0.143. The van der Waals surface area contributed by atoms with Crippen LogP contribution in [0, 0.1) is 0 Å². The number of halogens is 2. The van der Waals surface area contributed by atoms with Crippen LogP contribution in [0.5, 0.6) is 5.75 Å². The molecule has 1 N–H and O–H groups in total. The molecule has 138 valence electrons. The number of amides is 1. The Labute approximate surface area is 165 Å². The van der Waals surface area contributed by atoms with Crippen molar-refractivity contribution >= 4 is 39.4 Å². The molecule has 0 aliphatic rings. The van der Waals surface area contributed by atoms with Crippen LogP contribution in [0.25, 0.3) is 0 Å². The van der Waals surface area contributed by atoms with E-state index in [1.54, 1.807) is 37.3 Å². The van der Waals surface area contributed by atoms with Gasteiger partial charge in [0.1, 0.15) is 10.3 Å². The van der Waals surface area contributed by atoms with Gasteiger partial charge in [-0.3, -0.25) is 9.59 Å². The van der Waals surface area contributed by atoms with Crippen LogP contribution in [0.15, 0.2) is 41.0 Å². The largest absolute Gasteiger partial charge is 0.494 e. The van der Waals surface area contributed by atoms with Gasteiger partial charge in [0.25, 0.3) is 5.91 Å². The third-order valence-electron chi connectivity index (χ3n) is 3.53. The molecule has 2 rings (SSSR count). The summed E-state index contributed by atoms with van der Waals surface area (Å²) in [5, 5.41) is 3.25. The summed E-state index contributed by atoms with van der Waals surface area (Å²) < 4.78 is 10.5. The number of hydrogen-bond acceptors (Lipinski definition) is 5. The number of carbonyl (C=O) groups excluding carboxylic acids is 2. The number of nitrogens with zero attached hydrogens (tertiary/aromatic N) is 1. The number of hydrogen-bond donors (Lipinski definition) is 1. The number of benzene rings is 1. The molecule has 0 spiro atoms. The lowest BCUT2D eigenvalue weighted by Gasteiger charge is -2.19. The van der Waals surface area contributed by atoms with Crippen LogP contribution in [0.3, 0.4) is 0 Å². The van der Waals surface area contributed by atoms with E-state index in [1.165, 1.54) is 13.2 Å². The van der Waals surface area contributed by atoms with Gasteiger partial charge in [-0.05, 0) is 46.6 Å². The highest BCUT2D eigenvalue weighted by Gasteiger charge is 2.23. The van der Waals surface area contributed by atoms with Gasteiger partial charge in [0.05, 0.1) is 26.2 Å². The van der Waals surface area contributed by atoms with Crippen LogP contribution in [0.2, 0.25) is 5.02 Å². The Balaban J connectivity index is 2.25. The van der Waals surface area contributed by atoms with Crippen LogP contribution in [-0.4, -0.2) is 30.6 Å². The van der Waals surface area contributed by atoms with E-state index in [4.69, 9.17) is 21.1 Å². The van der Waals surface area contributed by atoms with Crippen molar-refractivity contribution in [1.82, 2.24) is 10.3 Å². The van der Waals surface area contributed by atoms with Crippen molar-refractivity contribution in [2.75, 3.05) is 13.7 Å². The van der Waals surface area contributed by atoms with E-state index in [0.29, 0.717) is 20.9 Å². The summed E-state index contributed by atoms with van der Waals surface area (Å²) in [6.45, 7) is 1.98. The lowest BCUT2D eigenvalue weighted by Crippen LogP contribution is -2.31. The van der Waals surface area contributed by atoms with Crippen molar-refractivity contribution in [1.29, 1.82) is 0 Å². The van der Waals surface area contributed by atoms with Crippen molar-refractivity contribution in [2.45, 2.75) is 19.4 Å². The van der Waals surface area contributed by atoms with Gasteiger partial charge < -0.3 is 14.8 Å². The fourth-order valence-electron chi connectivity index (χ4n) is 2.32. The number of nitrogens with one attached hydrogen (secondary N) is 1. The SMILES string of the molecule is CCOC(=O)CC(NC(=O)c1ccc(OC)c(Br)n1)c1ccccc1Cl. The molecule has 1 unspecified atom stereocenters. The van der Waals surface area contributed by atoms with Gasteiger partial charge in [-0.15, -0.1) is 0 Å². The van der Waals surface area contributed by atoms with Crippen molar-refractivity contribution in [3.05, 3.63) is 57.3 Å². The minimum absolute atomic E-state index is 0.0410. The van der Waals surface area contributed by atoms with E-state index in [1.807, 2.05) is 0 Å². The quantitative estimate of drug-likeness (QED) is 0.520. The number of carbonyl (C=O) groups is 2. The van der Waals surface area contributed by atoms with Gasteiger partial charge in [-0.2, -0.15) is 0 Å². The third-order valence-corrected chi connectivity index (χ3v) is 4.44. The van der Waals surface area contributed by atoms with Crippen LogP contribution in [0.4, 0.5) is 0 Å². The van der Waals surface area contributed by atoms with Gasteiger partial charge in [0.15, 0.2) is 5.75 Å². The highest BCUT2D eigenvalue weighted by atomic mass is 79.9. The predicted octanol–water partition coefficient (Wildman–Crippen LogP) is 3.93. The first kappa shape index (κ1) is 20.2. The molecule has 8 heteroatoms. The zero-order valence-corrected chi connectivity index (χ0v) is 16.6. The Morgan fingerprint density at radius 2 is 2.00 bits per heavy atom. The molecule has 1 amide bonds. The molecule has 26 heavy (non-hydrogen) atoms. The molecule has 0 aliphatic carbocycles. The zero-order chi connectivity index (χ0) is 19.1. The highest BCUT2D eigenvalue weighted by molar-refractivity contribution is 9.10. The standard InChI is InChI=1S/C18H18BrClN2O4/c1-3-26-16(23)10-14(11-6-4-5-7-12(11)20)22-18(24)13-8-9-15(25-2)17(19)21-13/h4-9,14H,3,10H2,1-2H3,(H,22,24). The molecule has 0 saturated carbocycles. The molecular weight excluding hydrogens is 424 g/mol. The Hall–Kier alpha value is -2.12. The molecule has 0 aliphatic heterocycles. The van der Waals surface area contributed by atoms with E-state index < -0.39 is 17.9 Å². The van der Waals surface area contributed by atoms with E-state index in [2.05, 4.69) is 26.2 Å². The van der Waals surface area contributed by atoms with Gasteiger partial charge in [-0.25, -0.2) is 4.98 Å². The van der Waals surface area contributed by atoms with Crippen molar-refractivity contribution in [3.63, 3.8) is 0 Å². The molecule has 1 aromatic carbocycles. The van der Waals surface area contributed by atoms with E-state index in [0.717, 1.165) is 0 Å². The Bertz CT molecular complexity index is 801. The van der Waals surface area contributed by atoms with Crippen LogP contribution < -0.4 is 10.1 Å². The molecule has 0 radical (unpaired) electrons. The summed E-state index contributed by atoms with van der Waals surface area (Å²) in [7, 11) is 1.51. The molecule has 1 heterocycles. The van der Waals surface area contributed by atoms with E-state index in [-0.39, 0.29) is 18.7 Å². The number of methoxy groups -OCH3 is 1. The number of ether oxygens (including phenoxy) is 2. The maximum atomic E-state index is 12.6. The average Bonchev–Trinajstić information content (AvgIpc) is 2.61. The first-order valence-corrected chi connectivity index (χ1v) is 9.04. The minimum Gasteiger partial charge on any atom is -0.494 e. The van der Waals surface area contributed by atoms with Gasteiger partial charge in [0.2, 0.25) is 0 Å². The predicted molar refractivity (Wildman–Crippen MR) is 101 cm³/mol. The summed E-state index contributed by atoms with van der Waals surface area (Å²) in [4.78, 5) is 28.7. The number of aromatic nitrogens is 1. The summed E-state index contributed by atoms with van der Waals surface area (Å²) in [6, 6.07) is 9.53. The molecule has 0 fully saturated rings. The number of rotatable bonds is 7. The topological polar surface area (TPSA) is 77.5 Å². The smallest absolute Gasteiger partial charge is 0.308 e. The lowest BCUT2D eigenvalue weighted by atomic mass is 10.0. The van der Waals surface area contributed by atoms with Crippen molar-refractivity contribution < 1.29 is 19.1 Å². The van der Waals surface area contributed by atoms with Crippen molar-refractivity contribution in [3.8, 4) is 5.75 Å². The zero-order valence-electron chi connectivity index (χ0n) is 14.3. The first-order valence-electron chi connectivity index (χ1n) is 7.87.